The van der Waals surface area contributed by atoms with Crippen molar-refractivity contribution in [1.82, 2.24) is 20.5 Å². The van der Waals surface area contributed by atoms with E-state index in [1.165, 1.54) is 5.56 Å². The Morgan fingerprint density at radius 3 is 2.78 bits per heavy atom. The zero-order chi connectivity index (χ0) is 22.3. The van der Waals surface area contributed by atoms with Gasteiger partial charge in [-0.05, 0) is 54.5 Å². The number of hydrogen-bond acceptors (Lipinski definition) is 5. The molecule has 0 saturated carbocycles. The van der Waals surface area contributed by atoms with Crippen molar-refractivity contribution in [1.29, 1.82) is 0 Å². The van der Waals surface area contributed by atoms with Crippen LogP contribution in [0.1, 0.15) is 24.0 Å². The molecule has 2 heterocycles. The summed E-state index contributed by atoms with van der Waals surface area (Å²) in [5.74, 6) is 0.370. The highest BCUT2D eigenvalue weighted by molar-refractivity contribution is 5.91. The van der Waals surface area contributed by atoms with Crippen LogP contribution in [-0.2, 0) is 22.6 Å². The van der Waals surface area contributed by atoms with Crippen molar-refractivity contribution in [3.63, 3.8) is 0 Å². The molecule has 0 radical (unpaired) electrons. The molecule has 0 unspecified atom stereocenters. The van der Waals surface area contributed by atoms with Crippen LogP contribution in [-0.4, -0.2) is 47.4 Å². The highest BCUT2D eigenvalue weighted by Crippen LogP contribution is 2.21. The molecule has 2 aromatic carbocycles. The number of nitrogens with zero attached hydrogens (tertiary/aromatic N) is 2. The zero-order valence-electron chi connectivity index (χ0n) is 18.1. The topological polar surface area (TPSA) is 100 Å². The first-order valence-corrected chi connectivity index (χ1v) is 11.1. The maximum absolute atomic E-state index is 12.8. The monoisotopic (exact) mass is 431 g/mol. The number of nitrogen functional groups attached to an aromatic ring is 1. The van der Waals surface area contributed by atoms with Crippen molar-refractivity contribution in [2.24, 2.45) is 0 Å². The van der Waals surface area contributed by atoms with E-state index in [-0.39, 0.29) is 18.4 Å². The Morgan fingerprint density at radius 2 is 1.94 bits per heavy atom. The molecule has 32 heavy (non-hydrogen) atoms. The highest BCUT2D eigenvalue weighted by Gasteiger charge is 2.33. The molecule has 166 valence electrons. The number of amides is 2. The van der Waals surface area contributed by atoms with Gasteiger partial charge in [0.25, 0.3) is 0 Å². The molecule has 1 fully saturated rings. The second-order valence-corrected chi connectivity index (χ2v) is 8.13. The Hall–Kier alpha value is -3.45. The van der Waals surface area contributed by atoms with E-state index in [9.17, 15) is 9.59 Å². The minimum Gasteiger partial charge on any atom is -0.383 e. The van der Waals surface area contributed by atoms with Crippen LogP contribution in [0.2, 0.25) is 0 Å². The predicted octanol–water partition coefficient (Wildman–Crippen LogP) is 2.26. The Balaban J connectivity index is 1.27. The fraction of sp³-hybridized carbons (Fsp3) is 0.320. The van der Waals surface area contributed by atoms with Crippen LogP contribution in [0.3, 0.4) is 0 Å². The Bertz CT molecular complexity index is 1090. The molecule has 7 heteroatoms. The van der Waals surface area contributed by atoms with E-state index in [2.05, 4.69) is 27.8 Å². The standard InChI is InChI=1S/C25H29N5O2/c26-24-21-9-8-19(15-20(21)11-13-28-24)16-29-25(32)22-7-4-14-30(22)23(31)17-27-12-10-18-5-2-1-3-6-18/h1-3,5-6,8-9,11,13,15,22,27H,4,7,10,12,14,16-17H2,(H2,26,28)(H,29,32)/t22-/m0/s1. The summed E-state index contributed by atoms with van der Waals surface area (Å²) in [5, 5.41) is 8.09. The SMILES string of the molecule is Nc1nccc2cc(CNC(=O)[C@@H]3CCCN3C(=O)CNCCc3ccccc3)ccc12. The fourth-order valence-corrected chi connectivity index (χ4v) is 4.18. The number of nitrogens with two attached hydrogens (primary N) is 1. The van der Waals surface area contributed by atoms with Gasteiger partial charge in [0.1, 0.15) is 11.9 Å². The molecule has 0 aliphatic carbocycles. The van der Waals surface area contributed by atoms with Crippen LogP contribution >= 0.6 is 0 Å². The summed E-state index contributed by atoms with van der Waals surface area (Å²) in [4.78, 5) is 31.3. The predicted molar refractivity (Wildman–Crippen MR) is 126 cm³/mol. The van der Waals surface area contributed by atoms with E-state index >= 15 is 0 Å². The number of nitrogens with one attached hydrogen (secondary N) is 2. The van der Waals surface area contributed by atoms with Gasteiger partial charge in [0, 0.05) is 24.7 Å². The third-order valence-corrected chi connectivity index (χ3v) is 5.91. The van der Waals surface area contributed by atoms with Gasteiger partial charge in [-0.25, -0.2) is 4.98 Å². The van der Waals surface area contributed by atoms with Crippen LogP contribution in [0.5, 0.6) is 0 Å². The van der Waals surface area contributed by atoms with Crippen molar-refractivity contribution in [3.8, 4) is 0 Å². The van der Waals surface area contributed by atoms with E-state index < -0.39 is 6.04 Å². The van der Waals surface area contributed by atoms with E-state index in [1.54, 1.807) is 11.1 Å². The normalized spacial score (nSPS) is 15.8. The summed E-state index contributed by atoms with van der Waals surface area (Å²) >= 11 is 0. The summed E-state index contributed by atoms with van der Waals surface area (Å²) in [6.45, 7) is 2.00. The first-order valence-electron chi connectivity index (χ1n) is 11.1. The number of pyridine rings is 1. The Kier molecular flexibility index (Phi) is 6.97. The Morgan fingerprint density at radius 1 is 1.09 bits per heavy atom. The van der Waals surface area contributed by atoms with Gasteiger partial charge in [0.15, 0.2) is 0 Å². The molecule has 1 aliphatic rings. The van der Waals surface area contributed by atoms with Crippen molar-refractivity contribution in [2.45, 2.75) is 31.8 Å². The molecule has 0 bridgehead atoms. The number of likely N-dealkylation sites (tertiary alicyclic amines) is 1. The molecule has 3 aromatic rings. The average molecular weight is 432 g/mol. The molecule has 1 saturated heterocycles. The largest absolute Gasteiger partial charge is 0.383 e. The number of fused-ring (bicyclic) bond motifs is 1. The van der Waals surface area contributed by atoms with E-state index in [1.807, 2.05) is 42.5 Å². The van der Waals surface area contributed by atoms with Crippen molar-refractivity contribution in [2.75, 3.05) is 25.4 Å². The summed E-state index contributed by atoms with van der Waals surface area (Å²) in [5.41, 5.74) is 8.12. The van der Waals surface area contributed by atoms with E-state index in [0.29, 0.717) is 25.3 Å². The summed E-state index contributed by atoms with van der Waals surface area (Å²) in [7, 11) is 0. The molecule has 1 atom stereocenters. The molecule has 4 N–H and O–H groups in total. The van der Waals surface area contributed by atoms with Gasteiger partial charge in [-0.2, -0.15) is 0 Å². The molecular formula is C25H29N5O2. The molecule has 7 nitrogen and oxygen atoms in total. The maximum Gasteiger partial charge on any atom is 0.243 e. The average Bonchev–Trinajstić information content (AvgIpc) is 3.31. The van der Waals surface area contributed by atoms with Crippen LogP contribution in [0.4, 0.5) is 5.82 Å². The molecule has 1 aromatic heterocycles. The van der Waals surface area contributed by atoms with Gasteiger partial charge >= 0.3 is 0 Å². The number of aromatic nitrogens is 1. The number of rotatable bonds is 8. The molecule has 1 aliphatic heterocycles. The van der Waals surface area contributed by atoms with Gasteiger partial charge in [-0.15, -0.1) is 0 Å². The van der Waals surface area contributed by atoms with Gasteiger partial charge in [-0.3, -0.25) is 9.59 Å². The lowest BCUT2D eigenvalue weighted by atomic mass is 10.1. The number of hydrogen-bond donors (Lipinski definition) is 3. The third kappa shape index (κ3) is 5.23. The second-order valence-electron chi connectivity index (χ2n) is 8.13. The van der Waals surface area contributed by atoms with Crippen LogP contribution in [0.25, 0.3) is 10.8 Å². The minimum atomic E-state index is -0.404. The van der Waals surface area contributed by atoms with E-state index in [0.717, 1.165) is 35.7 Å². The number of carbonyl (C=O) groups is 2. The van der Waals surface area contributed by atoms with Crippen LogP contribution in [0, 0.1) is 0 Å². The van der Waals surface area contributed by atoms with Gasteiger partial charge in [0.2, 0.25) is 11.8 Å². The zero-order valence-corrected chi connectivity index (χ0v) is 18.1. The molecule has 4 rings (SSSR count). The summed E-state index contributed by atoms with van der Waals surface area (Å²) in [6.07, 6.45) is 4.08. The van der Waals surface area contributed by atoms with Crippen LogP contribution < -0.4 is 16.4 Å². The molecule has 0 spiro atoms. The second kappa shape index (κ2) is 10.2. The lowest BCUT2D eigenvalue weighted by Crippen LogP contribution is -2.48. The van der Waals surface area contributed by atoms with Crippen molar-refractivity contribution < 1.29 is 9.59 Å². The summed E-state index contributed by atoms with van der Waals surface area (Å²) in [6, 6.07) is 17.5. The van der Waals surface area contributed by atoms with E-state index in [4.69, 9.17) is 5.73 Å². The number of anilines is 1. The Labute approximate surface area is 188 Å². The van der Waals surface area contributed by atoms with Gasteiger partial charge in [0.05, 0.1) is 6.54 Å². The van der Waals surface area contributed by atoms with Gasteiger partial charge < -0.3 is 21.3 Å². The number of carbonyl (C=O) groups excluding carboxylic acids is 2. The fourth-order valence-electron chi connectivity index (χ4n) is 4.18. The minimum absolute atomic E-state index is 0.0237. The first-order chi connectivity index (χ1) is 15.6. The van der Waals surface area contributed by atoms with Gasteiger partial charge in [-0.1, -0.05) is 42.5 Å². The molecule has 2 amide bonds. The lowest BCUT2D eigenvalue weighted by molar-refractivity contribution is -0.137. The third-order valence-electron chi connectivity index (χ3n) is 5.91. The highest BCUT2D eigenvalue weighted by atomic mass is 16.2. The smallest absolute Gasteiger partial charge is 0.243 e. The number of benzene rings is 2. The summed E-state index contributed by atoms with van der Waals surface area (Å²) < 4.78 is 0. The lowest BCUT2D eigenvalue weighted by Gasteiger charge is -2.24. The van der Waals surface area contributed by atoms with Crippen molar-refractivity contribution >= 4 is 28.4 Å². The van der Waals surface area contributed by atoms with Crippen molar-refractivity contribution in [3.05, 3.63) is 71.9 Å². The maximum atomic E-state index is 12.8. The molecular weight excluding hydrogens is 402 g/mol. The first kappa shape index (κ1) is 21.8. The quantitative estimate of drug-likeness (QED) is 0.475. The van der Waals surface area contributed by atoms with Crippen LogP contribution in [0.15, 0.2) is 60.8 Å².